The minimum atomic E-state index is -0.935. The number of carboxylic acids is 1. The van der Waals surface area contributed by atoms with E-state index in [2.05, 4.69) is 17.9 Å². The van der Waals surface area contributed by atoms with Crippen molar-refractivity contribution in [2.45, 2.75) is 6.92 Å². The van der Waals surface area contributed by atoms with Gasteiger partial charge in [-0.25, -0.2) is 4.79 Å². The van der Waals surface area contributed by atoms with Crippen LogP contribution in [-0.4, -0.2) is 17.6 Å². The quantitative estimate of drug-likeness (QED) is 0.827. The maximum Gasteiger partial charge on any atom is 0.328 e. The van der Waals surface area contributed by atoms with Crippen LogP contribution in [-0.2, 0) is 4.79 Å². The number of carboxylic acid groups (broad SMARTS) is 1. The maximum absolute atomic E-state index is 10.4. The number of benzene rings is 1. The number of nitrogens with zero attached hydrogens (tertiary/aromatic N) is 1. The van der Waals surface area contributed by atoms with Crippen LogP contribution in [0.4, 0.5) is 5.69 Å². The van der Waals surface area contributed by atoms with Gasteiger partial charge in [-0.2, -0.15) is 0 Å². The zero-order chi connectivity index (χ0) is 13.0. The molecule has 0 aromatic heterocycles. The van der Waals surface area contributed by atoms with Crippen molar-refractivity contribution < 1.29 is 9.90 Å². The first-order valence-corrected chi connectivity index (χ1v) is 5.88. The van der Waals surface area contributed by atoms with E-state index in [0.29, 0.717) is 0 Å². The van der Waals surface area contributed by atoms with Crippen LogP contribution in [0.1, 0.15) is 12.5 Å². The SMILES string of the molecule is CCN1C=CC(=CC=CC(=O)O)c2ccccc21. The van der Waals surface area contributed by atoms with Crippen LogP contribution >= 0.6 is 0 Å². The molecule has 1 aromatic carbocycles. The number of rotatable bonds is 3. The van der Waals surface area contributed by atoms with Crippen LogP contribution in [0.15, 0.2) is 54.8 Å². The van der Waals surface area contributed by atoms with Gasteiger partial charge in [-0.15, -0.1) is 0 Å². The molecule has 0 radical (unpaired) electrons. The van der Waals surface area contributed by atoms with Crippen molar-refractivity contribution in [3.8, 4) is 0 Å². The summed E-state index contributed by atoms with van der Waals surface area (Å²) in [6, 6.07) is 8.10. The van der Waals surface area contributed by atoms with Crippen molar-refractivity contribution in [1.29, 1.82) is 0 Å². The number of carbonyl (C=O) groups is 1. The fourth-order valence-electron chi connectivity index (χ4n) is 1.96. The summed E-state index contributed by atoms with van der Waals surface area (Å²) in [6.07, 6.45) is 8.52. The van der Waals surface area contributed by atoms with Crippen molar-refractivity contribution in [2.75, 3.05) is 11.4 Å². The predicted molar refractivity (Wildman–Crippen MR) is 73.4 cm³/mol. The van der Waals surface area contributed by atoms with Gasteiger partial charge in [0.1, 0.15) is 0 Å². The first-order chi connectivity index (χ1) is 8.72. The summed E-state index contributed by atoms with van der Waals surface area (Å²) >= 11 is 0. The number of anilines is 1. The molecule has 0 fully saturated rings. The smallest absolute Gasteiger partial charge is 0.328 e. The molecule has 1 aliphatic rings. The lowest BCUT2D eigenvalue weighted by atomic mass is 9.99. The molecule has 2 rings (SSSR count). The summed E-state index contributed by atoms with van der Waals surface area (Å²) < 4.78 is 0. The van der Waals surface area contributed by atoms with Crippen LogP contribution in [0.2, 0.25) is 0 Å². The van der Waals surface area contributed by atoms with E-state index in [4.69, 9.17) is 5.11 Å². The van der Waals surface area contributed by atoms with Gasteiger partial charge in [0.2, 0.25) is 0 Å². The number of allylic oxidation sites excluding steroid dienone is 4. The first-order valence-electron chi connectivity index (χ1n) is 5.88. The Labute approximate surface area is 106 Å². The molecule has 0 saturated heterocycles. The second-order valence-corrected chi connectivity index (χ2v) is 3.94. The summed E-state index contributed by atoms with van der Waals surface area (Å²) in [5.74, 6) is -0.935. The lowest BCUT2D eigenvalue weighted by Crippen LogP contribution is -2.18. The molecule has 0 atom stereocenters. The third-order valence-corrected chi connectivity index (χ3v) is 2.81. The fourth-order valence-corrected chi connectivity index (χ4v) is 1.96. The Hall–Kier alpha value is -2.29. The zero-order valence-electron chi connectivity index (χ0n) is 10.2. The van der Waals surface area contributed by atoms with Gasteiger partial charge in [0.25, 0.3) is 0 Å². The number of hydrogen-bond donors (Lipinski definition) is 1. The molecule has 1 N–H and O–H groups in total. The summed E-state index contributed by atoms with van der Waals surface area (Å²) in [4.78, 5) is 12.6. The molecule has 0 aliphatic carbocycles. The van der Waals surface area contributed by atoms with E-state index in [9.17, 15) is 4.79 Å². The number of aliphatic carboxylic acids is 1. The van der Waals surface area contributed by atoms with Crippen LogP contribution in [0.25, 0.3) is 5.57 Å². The van der Waals surface area contributed by atoms with Gasteiger partial charge < -0.3 is 10.0 Å². The molecule has 3 heteroatoms. The molecule has 1 heterocycles. The average molecular weight is 241 g/mol. The Bertz CT molecular complexity index is 541. The average Bonchev–Trinajstić information content (AvgIpc) is 2.38. The standard InChI is InChI=1S/C15H15NO2/c1-2-16-11-10-12(6-5-9-15(17)18)13-7-3-4-8-14(13)16/h3-11H,2H2,1H3,(H,17,18). The highest BCUT2D eigenvalue weighted by Crippen LogP contribution is 2.32. The highest BCUT2D eigenvalue weighted by molar-refractivity contribution is 5.87. The summed E-state index contributed by atoms with van der Waals surface area (Å²) in [5, 5.41) is 8.58. The zero-order valence-corrected chi connectivity index (χ0v) is 10.2. The van der Waals surface area contributed by atoms with Gasteiger partial charge in [-0.3, -0.25) is 0 Å². The Morgan fingerprint density at radius 2 is 2.17 bits per heavy atom. The second-order valence-electron chi connectivity index (χ2n) is 3.94. The van der Waals surface area contributed by atoms with E-state index in [-0.39, 0.29) is 0 Å². The number of fused-ring (bicyclic) bond motifs is 1. The normalized spacial score (nSPS) is 16.3. The van der Waals surface area contributed by atoms with Gasteiger partial charge in [0.15, 0.2) is 0 Å². The fraction of sp³-hybridized carbons (Fsp3) is 0.133. The van der Waals surface area contributed by atoms with E-state index >= 15 is 0 Å². The second kappa shape index (κ2) is 5.36. The Balaban J connectivity index is 2.38. The summed E-state index contributed by atoms with van der Waals surface area (Å²) in [5.41, 5.74) is 3.29. The van der Waals surface area contributed by atoms with Crippen LogP contribution in [0.5, 0.6) is 0 Å². The molecular formula is C15H15NO2. The summed E-state index contributed by atoms with van der Waals surface area (Å²) in [7, 11) is 0. The van der Waals surface area contributed by atoms with Crippen molar-refractivity contribution in [1.82, 2.24) is 0 Å². The predicted octanol–water partition coefficient (Wildman–Crippen LogP) is 3.06. The minimum absolute atomic E-state index is 0.908. The van der Waals surface area contributed by atoms with Gasteiger partial charge >= 0.3 is 5.97 Å². The van der Waals surface area contributed by atoms with E-state index in [1.54, 1.807) is 6.08 Å². The summed E-state index contributed by atoms with van der Waals surface area (Å²) in [6.45, 7) is 3.01. The molecule has 92 valence electrons. The molecule has 18 heavy (non-hydrogen) atoms. The molecule has 1 aliphatic heterocycles. The van der Waals surface area contributed by atoms with Crippen LogP contribution in [0.3, 0.4) is 0 Å². The molecule has 0 bridgehead atoms. The van der Waals surface area contributed by atoms with Gasteiger partial charge in [-0.05, 0) is 24.6 Å². The van der Waals surface area contributed by atoms with Crippen molar-refractivity contribution in [2.24, 2.45) is 0 Å². The molecule has 1 aromatic rings. The topological polar surface area (TPSA) is 40.5 Å². The highest BCUT2D eigenvalue weighted by Gasteiger charge is 2.13. The molecule has 0 saturated carbocycles. The lowest BCUT2D eigenvalue weighted by molar-refractivity contribution is -0.131. The third kappa shape index (κ3) is 2.51. The van der Waals surface area contributed by atoms with E-state index in [0.717, 1.165) is 29.4 Å². The molecule has 0 unspecified atom stereocenters. The molecule has 3 nitrogen and oxygen atoms in total. The Morgan fingerprint density at radius 1 is 1.39 bits per heavy atom. The Morgan fingerprint density at radius 3 is 2.89 bits per heavy atom. The molecular weight excluding hydrogens is 226 g/mol. The Kier molecular flexibility index (Phi) is 3.63. The largest absolute Gasteiger partial charge is 0.478 e. The van der Waals surface area contributed by atoms with Gasteiger partial charge in [-0.1, -0.05) is 30.4 Å². The van der Waals surface area contributed by atoms with Crippen LogP contribution in [0, 0.1) is 0 Å². The number of hydrogen-bond acceptors (Lipinski definition) is 2. The number of para-hydroxylation sites is 1. The van der Waals surface area contributed by atoms with Crippen molar-refractivity contribution >= 4 is 17.2 Å². The van der Waals surface area contributed by atoms with E-state index < -0.39 is 5.97 Å². The highest BCUT2D eigenvalue weighted by atomic mass is 16.4. The van der Waals surface area contributed by atoms with Gasteiger partial charge in [0.05, 0.1) is 0 Å². The van der Waals surface area contributed by atoms with Crippen LogP contribution < -0.4 is 4.90 Å². The van der Waals surface area contributed by atoms with E-state index in [1.807, 2.05) is 36.6 Å². The van der Waals surface area contributed by atoms with E-state index in [1.165, 1.54) is 0 Å². The van der Waals surface area contributed by atoms with Crippen molar-refractivity contribution in [3.63, 3.8) is 0 Å². The minimum Gasteiger partial charge on any atom is -0.478 e. The molecule has 0 amide bonds. The monoisotopic (exact) mass is 241 g/mol. The first kappa shape index (κ1) is 12.2. The maximum atomic E-state index is 10.4. The van der Waals surface area contributed by atoms with Crippen molar-refractivity contribution in [3.05, 3.63) is 60.3 Å². The lowest BCUT2D eigenvalue weighted by Gasteiger charge is -2.26. The third-order valence-electron chi connectivity index (χ3n) is 2.81. The molecule has 0 spiro atoms. The van der Waals surface area contributed by atoms with Gasteiger partial charge in [0, 0.05) is 30.1 Å².